The van der Waals surface area contributed by atoms with Crippen LogP contribution in [0.2, 0.25) is 0 Å². The molecule has 4 nitrogen and oxygen atoms in total. The molecule has 2 aromatic heterocycles. The second-order valence-electron chi connectivity index (χ2n) is 3.01. The van der Waals surface area contributed by atoms with Gasteiger partial charge in [0.05, 0.1) is 16.8 Å². The van der Waals surface area contributed by atoms with Crippen molar-refractivity contribution < 1.29 is 4.79 Å². The maximum absolute atomic E-state index is 11.1. The van der Waals surface area contributed by atoms with Crippen LogP contribution in [0.5, 0.6) is 0 Å². The summed E-state index contributed by atoms with van der Waals surface area (Å²) in [5.41, 5.74) is 8.19. The average Bonchev–Trinajstić information content (AvgIpc) is 2.71. The molecule has 0 bridgehead atoms. The van der Waals surface area contributed by atoms with E-state index in [4.69, 9.17) is 5.73 Å². The van der Waals surface area contributed by atoms with Gasteiger partial charge in [0.1, 0.15) is 0 Å². The number of thiazole rings is 1. The summed E-state index contributed by atoms with van der Waals surface area (Å²) in [5.74, 6) is -0.442. The molecule has 0 saturated heterocycles. The highest BCUT2D eigenvalue weighted by atomic mass is 32.1. The van der Waals surface area contributed by atoms with E-state index in [0.29, 0.717) is 17.7 Å². The number of nitrogens with zero attached hydrogens (tertiary/aromatic N) is 2. The van der Waals surface area contributed by atoms with Crippen molar-refractivity contribution in [1.82, 2.24) is 9.97 Å². The molecule has 1 amide bonds. The van der Waals surface area contributed by atoms with Crippen molar-refractivity contribution in [2.24, 2.45) is 5.73 Å². The number of primary amides is 1. The first kappa shape index (κ1) is 9.79. The van der Waals surface area contributed by atoms with Gasteiger partial charge in [0, 0.05) is 23.7 Å². The molecule has 76 valence electrons. The number of nitrogens with two attached hydrogens (primary N) is 1. The Morgan fingerprint density at radius 3 is 3.07 bits per heavy atom. The van der Waals surface area contributed by atoms with Crippen LogP contribution in [0, 0.1) is 0 Å². The summed E-state index contributed by atoms with van der Waals surface area (Å²) in [4.78, 5) is 20.3. The predicted octanol–water partition coefficient (Wildman–Crippen LogP) is 1.23. The lowest BCUT2D eigenvalue weighted by molar-refractivity contribution is 0.0999. The number of hydrogen-bond donors (Lipinski definition) is 1. The van der Waals surface area contributed by atoms with Crippen molar-refractivity contribution in [1.29, 1.82) is 0 Å². The lowest BCUT2D eigenvalue weighted by Gasteiger charge is -2.02. The Kier molecular flexibility index (Phi) is 2.73. The predicted molar refractivity (Wildman–Crippen MR) is 57.7 cm³/mol. The topological polar surface area (TPSA) is 68.9 Å². The minimum Gasteiger partial charge on any atom is -0.366 e. The summed E-state index contributed by atoms with van der Waals surface area (Å²) in [6.07, 6.45) is 4.02. The van der Waals surface area contributed by atoms with Crippen LogP contribution >= 0.6 is 11.3 Å². The minimum absolute atomic E-state index is 0.442. The monoisotopic (exact) mass is 219 g/mol. The van der Waals surface area contributed by atoms with Crippen molar-refractivity contribution in [3.63, 3.8) is 0 Å². The van der Waals surface area contributed by atoms with Gasteiger partial charge in [0.25, 0.3) is 5.91 Å². The molecule has 0 saturated carbocycles. The third kappa shape index (κ3) is 2.19. The maximum atomic E-state index is 11.1. The van der Waals surface area contributed by atoms with E-state index in [0.717, 1.165) is 4.88 Å². The van der Waals surface area contributed by atoms with Gasteiger partial charge in [-0.05, 0) is 12.1 Å². The number of carbonyl (C=O) groups is 1. The summed E-state index contributed by atoms with van der Waals surface area (Å²) in [6, 6.07) is 3.39. The lowest BCUT2D eigenvalue weighted by Crippen LogP contribution is -2.14. The molecule has 0 fully saturated rings. The molecular weight excluding hydrogens is 210 g/mol. The smallest absolute Gasteiger partial charge is 0.250 e. The van der Waals surface area contributed by atoms with Gasteiger partial charge in [-0.25, -0.2) is 0 Å². The standard InChI is InChI=1S/C10H9N3OS/c11-10(14)8-2-1-3-13-9(8)4-7-5-12-6-15-7/h1-3,5-6H,4H2,(H2,11,14). The van der Waals surface area contributed by atoms with Gasteiger partial charge >= 0.3 is 0 Å². The Morgan fingerprint density at radius 2 is 2.40 bits per heavy atom. The van der Waals surface area contributed by atoms with Crippen molar-refractivity contribution in [2.45, 2.75) is 6.42 Å². The molecule has 2 rings (SSSR count). The number of carbonyl (C=O) groups excluding carboxylic acids is 1. The van der Waals surface area contributed by atoms with Crippen molar-refractivity contribution in [3.05, 3.63) is 46.2 Å². The molecule has 0 atom stereocenters. The average molecular weight is 219 g/mol. The molecule has 0 aliphatic heterocycles. The highest BCUT2D eigenvalue weighted by Gasteiger charge is 2.09. The molecule has 2 N–H and O–H groups in total. The van der Waals surface area contributed by atoms with Crippen molar-refractivity contribution >= 4 is 17.2 Å². The molecule has 0 aliphatic carbocycles. The SMILES string of the molecule is NC(=O)c1cccnc1Cc1cncs1. The van der Waals surface area contributed by atoms with Crippen molar-refractivity contribution in [2.75, 3.05) is 0 Å². The Bertz CT molecular complexity index is 467. The normalized spacial score (nSPS) is 10.1. The van der Waals surface area contributed by atoms with Gasteiger partial charge in [-0.2, -0.15) is 0 Å². The molecule has 2 heterocycles. The number of rotatable bonds is 3. The van der Waals surface area contributed by atoms with E-state index >= 15 is 0 Å². The molecular formula is C10H9N3OS. The van der Waals surface area contributed by atoms with Gasteiger partial charge in [-0.3, -0.25) is 14.8 Å². The van der Waals surface area contributed by atoms with Gasteiger partial charge in [0.15, 0.2) is 0 Å². The van der Waals surface area contributed by atoms with Crippen LogP contribution in [0.25, 0.3) is 0 Å². The first-order chi connectivity index (χ1) is 7.27. The largest absolute Gasteiger partial charge is 0.366 e. The van der Waals surface area contributed by atoms with Gasteiger partial charge in [-0.15, -0.1) is 11.3 Å². The van der Waals surface area contributed by atoms with E-state index in [1.807, 2.05) is 0 Å². The third-order valence-electron chi connectivity index (χ3n) is 1.98. The lowest BCUT2D eigenvalue weighted by atomic mass is 10.1. The Labute approximate surface area is 90.8 Å². The second kappa shape index (κ2) is 4.18. The van der Waals surface area contributed by atoms with E-state index < -0.39 is 5.91 Å². The highest BCUT2D eigenvalue weighted by molar-refractivity contribution is 7.09. The summed E-state index contributed by atoms with van der Waals surface area (Å²) in [5, 5.41) is 0. The second-order valence-corrected chi connectivity index (χ2v) is 3.98. The molecule has 0 radical (unpaired) electrons. The van der Waals surface area contributed by atoms with Crippen LogP contribution in [0.3, 0.4) is 0 Å². The van der Waals surface area contributed by atoms with Crippen molar-refractivity contribution in [3.8, 4) is 0 Å². The Morgan fingerprint density at radius 1 is 1.53 bits per heavy atom. The molecule has 0 aliphatic rings. The molecule has 0 aromatic carbocycles. The fourth-order valence-electron chi connectivity index (χ4n) is 1.30. The van der Waals surface area contributed by atoms with Gasteiger partial charge in [-0.1, -0.05) is 0 Å². The molecule has 2 aromatic rings. The first-order valence-electron chi connectivity index (χ1n) is 4.38. The van der Waals surface area contributed by atoms with Gasteiger partial charge in [0.2, 0.25) is 0 Å². The quantitative estimate of drug-likeness (QED) is 0.844. The van der Waals surface area contributed by atoms with Crippen LogP contribution < -0.4 is 5.73 Å². The first-order valence-corrected chi connectivity index (χ1v) is 5.26. The summed E-state index contributed by atoms with van der Waals surface area (Å²) in [7, 11) is 0. The van der Waals surface area contributed by atoms with E-state index in [-0.39, 0.29) is 0 Å². The Hall–Kier alpha value is -1.75. The number of hydrogen-bond acceptors (Lipinski definition) is 4. The fourth-order valence-corrected chi connectivity index (χ4v) is 1.90. The molecule has 5 heteroatoms. The molecule has 15 heavy (non-hydrogen) atoms. The molecule has 0 spiro atoms. The summed E-state index contributed by atoms with van der Waals surface area (Å²) < 4.78 is 0. The van der Waals surface area contributed by atoms with Gasteiger partial charge < -0.3 is 5.73 Å². The van der Waals surface area contributed by atoms with E-state index in [1.165, 1.54) is 11.3 Å². The van der Waals surface area contributed by atoms with Crippen LogP contribution in [0.15, 0.2) is 30.0 Å². The van der Waals surface area contributed by atoms with E-state index in [9.17, 15) is 4.79 Å². The highest BCUT2D eigenvalue weighted by Crippen LogP contribution is 2.14. The summed E-state index contributed by atoms with van der Waals surface area (Å²) >= 11 is 1.53. The van der Waals surface area contributed by atoms with E-state index in [1.54, 1.807) is 30.0 Å². The zero-order valence-electron chi connectivity index (χ0n) is 7.88. The van der Waals surface area contributed by atoms with Crippen LogP contribution in [-0.2, 0) is 6.42 Å². The summed E-state index contributed by atoms with van der Waals surface area (Å²) in [6.45, 7) is 0. The number of amides is 1. The fraction of sp³-hybridized carbons (Fsp3) is 0.100. The molecule has 0 unspecified atom stereocenters. The number of aromatic nitrogens is 2. The minimum atomic E-state index is -0.442. The van der Waals surface area contributed by atoms with E-state index in [2.05, 4.69) is 9.97 Å². The van der Waals surface area contributed by atoms with Crippen LogP contribution in [0.4, 0.5) is 0 Å². The zero-order valence-corrected chi connectivity index (χ0v) is 8.70. The number of pyridine rings is 1. The third-order valence-corrected chi connectivity index (χ3v) is 2.76. The zero-order chi connectivity index (χ0) is 10.7. The van der Waals surface area contributed by atoms with Crippen LogP contribution in [-0.4, -0.2) is 15.9 Å². The Balaban J connectivity index is 2.32. The van der Waals surface area contributed by atoms with Crippen LogP contribution in [0.1, 0.15) is 20.9 Å². The maximum Gasteiger partial charge on any atom is 0.250 e.